The molecule has 0 amide bonds. The maximum atomic E-state index is 12.5. The summed E-state index contributed by atoms with van der Waals surface area (Å²) in [5.41, 5.74) is 6.00. The second-order valence-electron chi connectivity index (χ2n) is 2.16. The molecule has 0 aliphatic heterocycles. The van der Waals surface area contributed by atoms with E-state index in [1.165, 1.54) is 6.26 Å². The van der Waals surface area contributed by atoms with E-state index in [0.29, 0.717) is 5.56 Å². The van der Waals surface area contributed by atoms with Gasteiger partial charge in [-0.2, -0.15) is 4.39 Å². The summed E-state index contributed by atoms with van der Waals surface area (Å²) in [7, 11) is 0. The average Bonchev–Trinajstić information content (AvgIpc) is 2.34. The van der Waals surface area contributed by atoms with Crippen molar-refractivity contribution in [2.45, 2.75) is 19.4 Å². The third kappa shape index (κ3) is 1.19. The Morgan fingerprint density at radius 3 is 2.90 bits per heavy atom. The van der Waals surface area contributed by atoms with Crippen LogP contribution < -0.4 is 5.73 Å². The van der Waals surface area contributed by atoms with Crippen molar-refractivity contribution in [1.82, 2.24) is 0 Å². The van der Waals surface area contributed by atoms with E-state index in [9.17, 15) is 4.39 Å². The predicted octanol–water partition coefficient (Wildman–Crippen LogP) is 1.83. The van der Waals surface area contributed by atoms with Crippen LogP contribution in [0, 0.1) is 6.01 Å². The molecule has 1 heterocycles. The average molecular weight is 143 g/mol. The molecule has 1 aromatic rings. The summed E-state index contributed by atoms with van der Waals surface area (Å²) in [4.78, 5) is 0. The van der Waals surface area contributed by atoms with Crippen molar-refractivity contribution in [3.63, 3.8) is 0 Å². The summed E-state index contributed by atoms with van der Waals surface area (Å²) in [5.74, 6) is 0. The van der Waals surface area contributed by atoms with Crippen LogP contribution in [0.15, 0.2) is 16.7 Å². The van der Waals surface area contributed by atoms with Crippen LogP contribution in [0.1, 0.15) is 24.9 Å². The molecule has 3 heteroatoms. The zero-order chi connectivity index (χ0) is 7.56. The Morgan fingerprint density at radius 1 is 1.80 bits per heavy atom. The minimum absolute atomic E-state index is 0.237. The quantitative estimate of drug-likeness (QED) is 0.685. The van der Waals surface area contributed by atoms with Crippen molar-refractivity contribution in [2.24, 2.45) is 5.73 Å². The van der Waals surface area contributed by atoms with Gasteiger partial charge in [-0.25, -0.2) is 0 Å². The fraction of sp³-hybridized carbons (Fsp3) is 0.429. The number of hydrogen-bond donors (Lipinski definition) is 1. The Hall–Kier alpha value is -0.830. The number of nitrogens with two attached hydrogens (primary N) is 1. The highest BCUT2D eigenvalue weighted by molar-refractivity contribution is 5.12. The molecule has 0 aliphatic carbocycles. The van der Waals surface area contributed by atoms with Gasteiger partial charge in [0.15, 0.2) is 0 Å². The molecule has 0 fully saturated rings. The van der Waals surface area contributed by atoms with Gasteiger partial charge in [-0.3, -0.25) is 0 Å². The van der Waals surface area contributed by atoms with Crippen molar-refractivity contribution >= 4 is 0 Å². The molecule has 1 aromatic heterocycles. The zero-order valence-corrected chi connectivity index (χ0v) is 5.80. The molecule has 0 aromatic carbocycles. The lowest BCUT2D eigenvalue weighted by atomic mass is 10.1. The largest absolute Gasteiger partial charge is 0.439 e. The summed E-state index contributed by atoms with van der Waals surface area (Å²) in [6.07, 6.45) is 2.02. The van der Waals surface area contributed by atoms with E-state index < -0.39 is 6.01 Å². The number of halogens is 1. The van der Waals surface area contributed by atoms with Crippen LogP contribution in [0.2, 0.25) is 0 Å². The molecular weight excluding hydrogens is 133 g/mol. The molecule has 1 rings (SSSR count). The van der Waals surface area contributed by atoms with Gasteiger partial charge in [0.2, 0.25) is 0 Å². The van der Waals surface area contributed by atoms with Gasteiger partial charge in [-0.05, 0) is 12.5 Å². The van der Waals surface area contributed by atoms with Crippen LogP contribution in [0.3, 0.4) is 0 Å². The van der Waals surface area contributed by atoms with E-state index >= 15 is 0 Å². The Labute approximate surface area is 58.8 Å². The highest BCUT2D eigenvalue weighted by Gasteiger charge is 2.10. The summed E-state index contributed by atoms with van der Waals surface area (Å²) in [5, 5.41) is 0. The molecule has 1 atom stereocenters. The van der Waals surface area contributed by atoms with Gasteiger partial charge >= 0.3 is 0 Å². The van der Waals surface area contributed by atoms with Crippen LogP contribution in [0.4, 0.5) is 4.39 Å². The van der Waals surface area contributed by atoms with E-state index in [-0.39, 0.29) is 6.04 Å². The van der Waals surface area contributed by atoms with E-state index in [4.69, 9.17) is 5.73 Å². The Morgan fingerprint density at radius 2 is 2.50 bits per heavy atom. The summed E-state index contributed by atoms with van der Waals surface area (Å²) < 4.78 is 17.0. The highest BCUT2D eigenvalue weighted by Crippen LogP contribution is 2.17. The van der Waals surface area contributed by atoms with Gasteiger partial charge in [0.1, 0.15) is 0 Å². The molecule has 0 saturated heterocycles. The van der Waals surface area contributed by atoms with Gasteiger partial charge in [-0.15, -0.1) is 0 Å². The lowest BCUT2D eigenvalue weighted by Gasteiger charge is -2.03. The molecule has 0 saturated carbocycles. The Bertz CT molecular complexity index is 209. The van der Waals surface area contributed by atoms with Crippen molar-refractivity contribution in [1.29, 1.82) is 0 Å². The molecule has 10 heavy (non-hydrogen) atoms. The molecule has 2 nitrogen and oxygen atoms in total. The normalized spacial score (nSPS) is 13.5. The second kappa shape index (κ2) is 2.84. The Balaban J connectivity index is 2.82. The minimum Gasteiger partial charge on any atom is -0.439 e. The standard InChI is InChI=1S/C7H10FNO/c1-2-6(9)5-3-4-10-7(5)8/h3-4,6H,2,9H2,1H3/t6-/m1/s1. The molecule has 0 unspecified atom stereocenters. The van der Waals surface area contributed by atoms with E-state index in [1.54, 1.807) is 6.07 Å². The monoisotopic (exact) mass is 143 g/mol. The fourth-order valence-electron chi connectivity index (χ4n) is 0.790. The van der Waals surface area contributed by atoms with Crippen molar-refractivity contribution < 1.29 is 8.81 Å². The van der Waals surface area contributed by atoms with Crippen molar-refractivity contribution in [3.8, 4) is 0 Å². The van der Waals surface area contributed by atoms with E-state index in [2.05, 4.69) is 4.42 Å². The topological polar surface area (TPSA) is 39.2 Å². The predicted molar refractivity (Wildman–Crippen MR) is 35.9 cm³/mol. The van der Waals surface area contributed by atoms with Crippen molar-refractivity contribution in [3.05, 3.63) is 23.9 Å². The third-order valence-electron chi connectivity index (χ3n) is 1.49. The zero-order valence-electron chi connectivity index (χ0n) is 5.80. The maximum absolute atomic E-state index is 12.5. The van der Waals surface area contributed by atoms with Crippen LogP contribution in [0.25, 0.3) is 0 Å². The van der Waals surface area contributed by atoms with Gasteiger partial charge in [-0.1, -0.05) is 6.92 Å². The molecule has 0 radical (unpaired) electrons. The van der Waals surface area contributed by atoms with Gasteiger partial charge in [0, 0.05) is 11.6 Å². The fourth-order valence-corrected chi connectivity index (χ4v) is 0.790. The van der Waals surface area contributed by atoms with Gasteiger partial charge < -0.3 is 10.2 Å². The van der Waals surface area contributed by atoms with Crippen LogP contribution >= 0.6 is 0 Å². The lowest BCUT2D eigenvalue weighted by Crippen LogP contribution is -2.08. The van der Waals surface area contributed by atoms with Crippen LogP contribution in [-0.4, -0.2) is 0 Å². The first-order chi connectivity index (χ1) is 4.75. The number of furan rings is 1. The first-order valence-electron chi connectivity index (χ1n) is 3.24. The molecule has 0 spiro atoms. The van der Waals surface area contributed by atoms with Crippen LogP contribution in [0.5, 0.6) is 0 Å². The molecular formula is C7H10FNO. The molecule has 0 bridgehead atoms. The van der Waals surface area contributed by atoms with E-state index in [0.717, 1.165) is 6.42 Å². The van der Waals surface area contributed by atoms with Gasteiger partial charge in [0.25, 0.3) is 6.01 Å². The lowest BCUT2D eigenvalue weighted by molar-refractivity contribution is 0.347. The second-order valence-corrected chi connectivity index (χ2v) is 2.16. The summed E-state index contributed by atoms with van der Waals surface area (Å²) in [6, 6.07) is 0.761. The van der Waals surface area contributed by atoms with Crippen molar-refractivity contribution in [2.75, 3.05) is 0 Å². The Kier molecular flexibility index (Phi) is 2.06. The van der Waals surface area contributed by atoms with Crippen LogP contribution in [-0.2, 0) is 0 Å². The van der Waals surface area contributed by atoms with E-state index in [1.807, 2.05) is 6.92 Å². The number of rotatable bonds is 2. The summed E-state index contributed by atoms with van der Waals surface area (Å²) >= 11 is 0. The molecule has 0 aliphatic rings. The molecule has 2 N–H and O–H groups in total. The molecule has 56 valence electrons. The number of hydrogen-bond acceptors (Lipinski definition) is 2. The first-order valence-corrected chi connectivity index (χ1v) is 3.24. The smallest absolute Gasteiger partial charge is 0.282 e. The first kappa shape index (κ1) is 7.28. The van der Waals surface area contributed by atoms with Gasteiger partial charge in [0.05, 0.1) is 6.26 Å². The summed E-state index contributed by atoms with van der Waals surface area (Å²) in [6.45, 7) is 1.90. The SMILES string of the molecule is CC[C@@H](N)c1ccoc1F. The maximum Gasteiger partial charge on any atom is 0.282 e. The highest BCUT2D eigenvalue weighted by atomic mass is 19.1. The minimum atomic E-state index is -0.561. The third-order valence-corrected chi connectivity index (χ3v) is 1.49.